The van der Waals surface area contributed by atoms with Crippen LogP contribution in [-0.4, -0.2) is 11.9 Å². The zero-order valence-electron chi connectivity index (χ0n) is 9.09. The van der Waals surface area contributed by atoms with Crippen LogP contribution in [0.1, 0.15) is 25.8 Å². The van der Waals surface area contributed by atoms with E-state index in [0.717, 1.165) is 16.5 Å². The molecular formula is C12H16BrNO. The van der Waals surface area contributed by atoms with Crippen molar-refractivity contribution < 1.29 is 4.79 Å². The van der Waals surface area contributed by atoms with E-state index in [1.807, 2.05) is 31.2 Å². The molecule has 15 heavy (non-hydrogen) atoms. The van der Waals surface area contributed by atoms with Crippen molar-refractivity contribution in [3.05, 3.63) is 34.3 Å². The van der Waals surface area contributed by atoms with Gasteiger partial charge in [0.05, 0.1) is 6.42 Å². The predicted molar refractivity (Wildman–Crippen MR) is 65.7 cm³/mol. The molecule has 0 aromatic heterocycles. The number of halogens is 1. The molecule has 0 aliphatic heterocycles. The fourth-order valence-corrected chi connectivity index (χ4v) is 1.71. The van der Waals surface area contributed by atoms with Crippen molar-refractivity contribution in [2.75, 3.05) is 0 Å². The Labute approximate surface area is 99.2 Å². The third-order valence-electron chi connectivity index (χ3n) is 2.27. The predicted octanol–water partition coefficient (Wildman–Crippen LogP) is 2.91. The molecule has 0 aliphatic carbocycles. The highest BCUT2D eigenvalue weighted by molar-refractivity contribution is 9.10. The number of hydrogen-bond acceptors (Lipinski definition) is 1. The molecule has 1 rings (SSSR count). The molecule has 0 radical (unpaired) electrons. The Balaban J connectivity index is 2.51. The Morgan fingerprint density at radius 2 is 2.27 bits per heavy atom. The van der Waals surface area contributed by atoms with Crippen molar-refractivity contribution in [1.82, 2.24) is 5.32 Å². The molecule has 3 heteroatoms. The second-order valence-electron chi connectivity index (χ2n) is 3.68. The molecule has 1 N–H and O–H groups in total. The topological polar surface area (TPSA) is 29.1 Å². The average molecular weight is 270 g/mol. The maximum absolute atomic E-state index is 11.6. The molecule has 2 nitrogen and oxygen atoms in total. The fourth-order valence-electron chi connectivity index (χ4n) is 1.26. The van der Waals surface area contributed by atoms with Crippen molar-refractivity contribution in [3.8, 4) is 0 Å². The van der Waals surface area contributed by atoms with Gasteiger partial charge in [0.25, 0.3) is 0 Å². The Bertz CT molecular complexity index is 338. The lowest BCUT2D eigenvalue weighted by molar-refractivity contribution is -0.121. The van der Waals surface area contributed by atoms with Gasteiger partial charge in [0.2, 0.25) is 5.91 Å². The van der Waals surface area contributed by atoms with Gasteiger partial charge >= 0.3 is 0 Å². The average Bonchev–Trinajstić information content (AvgIpc) is 2.17. The summed E-state index contributed by atoms with van der Waals surface area (Å²) in [5.74, 6) is 0.0856. The second-order valence-corrected chi connectivity index (χ2v) is 4.60. The molecule has 1 aromatic rings. The Morgan fingerprint density at radius 1 is 1.53 bits per heavy atom. The minimum Gasteiger partial charge on any atom is -0.353 e. The van der Waals surface area contributed by atoms with Gasteiger partial charge in [-0.05, 0) is 31.0 Å². The Kier molecular flexibility index (Phi) is 4.82. The lowest BCUT2D eigenvalue weighted by Crippen LogP contribution is -2.33. The van der Waals surface area contributed by atoms with E-state index in [4.69, 9.17) is 0 Å². The summed E-state index contributed by atoms with van der Waals surface area (Å²) in [6.07, 6.45) is 1.41. The lowest BCUT2D eigenvalue weighted by atomic mass is 10.1. The van der Waals surface area contributed by atoms with Gasteiger partial charge in [-0.15, -0.1) is 0 Å². The summed E-state index contributed by atoms with van der Waals surface area (Å²) < 4.78 is 1.01. The number of hydrogen-bond donors (Lipinski definition) is 1. The van der Waals surface area contributed by atoms with Crippen molar-refractivity contribution in [1.29, 1.82) is 0 Å². The number of carbonyl (C=O) groups is 1. The summed E-state index contributed by atoms with van der Waals surface area (Å²) >= 11 is 3.38. The van der Waals surface area contributed by atoms with E-state index in [1.165, 1.54) is 0 Å². The molecule has 1 aromatic carbocycles. The van der Waals surface area contributed by atoms with Crippen LogP contribution < -0.4 is 5.32 Å². The van der Waals surface area contributed by atoms with Gasteiger partial charge in [-0.1, -0.05) is 35.0 Å². The van der Waals surface area contributed by atoms with E-state index in [0.29, 0.717) is 6.42 Å². The maximum atomic E-state index is 11.6. The zero-order chi connectivity index (χ0) is 11.3. The normalized spacial score (nSPS) is 12.2. The number of nitrogens with one attached hydrogen (secondary N) is 1. The highest BCUT2D eigenvalue weighted by Crippen LogP contribution is 2.11. The third kappa shape index (κ3) is 4.47. The number of rotatable bonds is 4. The lowest BCUT2D eigenvalue weighted by Gasteiger charge is -2.11. The van der Waals surface area contributed by atoms with Crippen LogP contribution in [0.2, 0.25) is 0 Å². The molecule has 1 atom stereocenters. The van der Waals surface area contributed by atoms with Gasteiger partial charge in [-0.3, -0.25) is 4.79 Å². The molecule has 0 bridgehead atoms. The van der Waals surface area contributed by atoms with Crippen LogP contribution in [0.25, 0.3) is 0 Å². The summed E-state index contributed by atoms with van der Waals surface area (Å²) in [7, 11) is 0. The fraction of sp³-hybridized carbons (Fsp3) is 0.417. The van der Waals surface area contributed by atoms with Gasteiger partial charge < -0.3 is 5.32 Å². The summed E-state index contributed by atoms with van der Waals surface area (Å²) in [6.45, 7) is 4.07. The van der Waals surface area contributed by atoms with Crippen molar-refractivity contribution in [2.45, 2.75) is 32.7 Å². The van der Waals surface area contributed by atoms with Crippen LogP contribution in [0.3, 0.4) is 0 Å². The largest absolute Gasteiger partial charge is 0.353 e. The van der Waals surface area contributed by atoms with Crippen LogP contribution in [0.15, 0.2) is 28.7 Å². The van der Waals surface area contributed by atoms with E-state index in [-0.39, 0.29) is 11.9 Å². The summed E-state index contributed by atoms with van der Waals surface area (Å²) in [6, 6.07) is 8.08. The van der Waals surface area contributed by atoms with Crippen LogP contribution in [0.4, 0.5) is 0 Å². The quantitative estimate of drug-likeness (QED) is 0.895. The molecule has 0 spiro atoms. The Hall–Kier alpha value is -0.830. The minimum atomic E-state index is 0.0856. The molecule has 82 valence electrons. The molecule has 0 aliphatic rings. The number of carbonyl (C=O) groups excluding carboxylic acids is 1. The summed E-state index contributed by atoms with van der Waals surface area (Å²) in [5.41, 5.74) is 1.03. The summed E-state index contributed by atoms with van der Waals surface area (Å²) in [4.78, 5) is 11.6. The Morgan fingerprint density at radius 3 is 2.87 bits per heavy atom. The first-order valence-electron chi connectivity index (χ1n) is 5.15. The standard InChI is InChI=1S/C12H16BrNO/c1-3-9(2)14-12(15)8-10-5-4-6-11(13)7-10/h4-7,9H,3,8H2,1-2H3,(H,14,15)/t9-/m1/s1. The van der Waals surface area contributed by atoms with E-state index in [2.05, 4.69) is 28.2 Å². The number of benzene rings is 1. The number of amides is 1. The van der Waals surface area contributed by atoms with E-state index in [9.17, 15) is 4.79 Å². The van der Waals surface area contributed by atoms with Crippen molar-refractivity contribution in [2.24, 2.45) is 0 Å². The molecule has 0 saturated carbocycles. The van der Waals surface area contributed by atoms with Crippen LogP contribution >= 0.6 is 15.9 Å². The smallest absolute Gasteiger partial charge is 0.224 e. The van der Waals surface area contributed by atoms with E-state index >= 15 is 0 Å². The highest BCUT2D eigenvalue weighted by atomic mass is 79.9. The van der Waals surface area contributed by atoms with Gasteiger partial charge in [0.15, 0.2) is 0 Å². The summed E-state index contributed by atoms with van der Waals surface area (Å²) in [5, 5.41) is 2.94. The van der Waals surface area contributed by atoms with Crippen LogP contribution in [0, 0.1) is 0 Å². The van der Waals surface area contributed by atoms with E-state index in [1.54, 1.807) is 0 Å². The second kappa shape index (κ2) is 5.91. The van der Waals surface area contributed by atoms with Crippen LogP contribution in [0.5, 0.6) is 0 Å². The molecule has 0 saturated heterocycles. The first-order valence-corrected chi connectivity index (χ1v) is 5.95. The van der Waals surface area contributed by atoms with Crippen LogP contribution in [-0.2, 0) is 11.2 Å². The first-order chi connectivity index (χ1) is 7.11. The zero-order valence-corrected chi connectivity index (χ0v) is 10.7. The van der Waals surface area contributed by atoms with Gasteiger partial charge in [-0.2, -0.15) is 0 Å². The molecular weight excluding hydrogens is 254 g/mol. The molecule has 0 heterocycles. The highest BCUT2D eigenvalue weighted by Gasteiger charge is 2.06. The third-order valence-corrected chi connectivity index (χ3v) is 2.77. The van der Waals surface area contributed by atoms with Crippen molar-refractivity contribution in [3.63, 3.8) is 0 Å². The van der Waals surface area contributed by atoms with Crippen molar-refractivity contribution >= 4 is 21.8 Å². The molecule has 0 unspecified atom stereocenters. The van der Waals surface area contributed by atoms with E-state index < -0.39 is 0 Å². The molecule has 1 amide bonds. The SMILES string of the molecule is CC[C@@H](C)NC(=O)Cc1cccc(Br)c1. The maximum Gasteiger partial charge on any atom is 0.224 e. The molecule has 0 fully saturated rings. The first kappa shape index (κ1) is 12.2. The monoisotopic (exact) mass is 269 g/mol. The van der Waals surface area contributed by atoms with Gasteiger partial charge in [0.1, 0.15) is 0 Å². The van der Waals surface area contributed by atoms with Gasteiger partial charge in [-0.25, -0.2) is 0 Å². The minimum absolute atomic E-state index is 0.0856. The van der Waals surface area contributed by atoms with Gasteiger partial charge in [0, 0.05) is 10.5 Å².